The second-order valence-electron chi connectivity index (χ2n) is 7.07. The number of nitrogen functional groups attached to an aromatic ring is 1. The van der Waals surface area contributed by atoms with Gasteiger partial charge in [0, 0.05) is 12.6 Å². The zero-order valence-corrected chi connectivity index (χ0v) is 15.5. The van der Waals surface area contributed by atoms with Crippen molar-refractivity contribution in [2.45, 2.75) is 56.8 Å². The van der Waals surface area contributed by atoms with Gasteiger partial charge in [-0.2, -0.15) is 0 Å². The molecule has 2 aliphatic rings. The number of nitrogens with two attached hydrogens (primary N) is 3. The molecular weight excluding hydrogens is 352 g/mol. The lowest BCUT2D eigenvalue weighted by molar-refractivity contribution is 0.0149. The van der Waals surface area contributed by atoms with Crippen molar-refractivity contribution in [1.29, 1.82) is 0 Å². The van der Waals surface area contributed by atoms with Gasteiger partial charge in [-0.1, -0.05) is 0 Å². The number of nitrogens with one attached hydrogen (secondary N) is 1. The van der Waals surface area contributed by atoms with Crippen LogP contribution in [0.15, 0.2) is 6.33 Å². The molecule has 0 bridgehead atoms. The second kappa shape index (κ2) is 8.50. The van der Waals surface area contributed by atoms with E-state index in [1.807, 2.05) is 5.01 Å². The number of hydrazine groups is 1. The van der Waals surface area contributed by atoms with Crippen LogP contribution < -0.4 is 32.5 Å². The highest BCUT2D eigenvalue weighted by Gasteiger charge is 2.47. The molecule has 0 spiro atoms. The minimum absolute atomic E-state index is 0.0950. The van der Waals surface area contributed by atoms with Gasteiger partial charge in [0.25, 0.3) is 0 Å². The third-order valence-electron chi connectivity index (χ3n) is 5.04. The molecule has 0 aromatic carbocycles. The van der Waals surface area contributed by atoms with Crippen molar-refractivity contribution >= 4 is 17.3 Å². The topological polar surface area (TPSA) is 172 Å². The number of aromatic nitrogens is 2. The van der Waals surface area contributed by atoms with Gasteiger partial charge >= 0.3 is 0 Å². The molecule has 152 valence electrons. The zero-order chi connectivity index (χ0) is 19.6. The molecule has 1 aromatic heterocycles. The summed E-state index contributed by atoms with van der Waals surface area (Å²) in [5.41, 5.74) is 21.5. The summed E-state index contributed by atoms with van der Waals surface area (Å²) < 4.78 is 5.74. The van der Waals surface area contributed by atoms with E-state index < -0.39 is 24.5 Å². The van der Waals surface area contributed by atoms with Crippen LogP contribution in [0.25, 0.3) is 0 Å². The van der Waals surface area contributed by atoms with Gasteiger partial charge in [0.05, 0.1) is 6.10 Å². The van der Waals surface area contributed by atoms with E-state index in [1.165, 1.54) is 6.33 Å². The number of anilines is 3. The van der Waals surface area contributed by atoms with Gasteiger partial charge in [-0.05, 0) is 32.7 Å². The van der Waals surface area contributed by atoms with Crippen LogP contribution in [0.1, 0.15) is 26.2 Å². The van der Waals surface area contributed by atoms with E-state index in [0.29, 0.717) is 37.1 Å². The standard InChI is InChI=1S/C16H30N8O3/c1-9-12(25)13(26)16(27-9)23-8-24(11-14(19)20-7-21-15(11)23)22-6-2-3-10(18)4-5-17/h7,9-10,12-13,16,22,25-26H,2-6,8,17-18H2,1H3,(H2,19,20,21)/t9-,10?,12?,13?,16-/m1/s1. The number of hydrogen-bond acceptors (Lipinski definition) is 11. The van der Waals surface area contributed by atoms with Crippen molar-refractivity contribution in [2.24, 2.45) is 11.5 Å². The largest absolute Gasteiger partial charge is 0.388 e. The highest BCUT2D eigenvalue weighted by Crippen LogP contribution is 2.40. The lowest BCUT2D eigenvalue weighted by Crippen LogP contribution is -2.49. The maximum atomic E-state index is 10.3. The van der Waals surface area contributed by atoms with E-state index >= 15 is 0 Å². The normalized spacial score (nSPS) is 28.6. The summed E-state index contributed by atoms with van der Waals surface area (Å²) in [5.74, 6) is 0.885. The Labute approximate surface area is 158 Å². The van der Waals surface area contributed by atoms with E-state index in [2.05, 4.69) is 15.4 Å². The number of aliphatic hydroxyl groups excluding tert-OH is 2. The van der Waals surface area contributed by atoms with Crippen molar-refractivity contribution in [3.05, 3.63) is 6.33 Å². The Morgan fingerprint density at radius 1 is 1.33 bits per heavy atom. The van der Waals surface area contributed by atoms with Crippen LogP contribution >= 0.6 is 0 Å². The first-order valence-electron chi connectivity index (χ1n) is 9.29. The Balaban J connectivity index is 1.67. The minimum Gasteiger partial charge on any atom is -0.388 e. The molecule has 0 aliphatic carbocycles. The number of rotatable bonds is 8. The summed E-state index contributed by atoms with van der Waals surface area (Å²) in [5, 5.41) is 22.2. The predicted octanol–water partition coefficient (Wildman–Crippen LogP) is -1.93. The maximum absolute atomic E-state index is 10.3. The van der Waals surface area contributed by atoms with Crippen LogP contribution in [0, 0.1) is 0 Å². The quantitative estimate of drug-likeness (QED) is 0.276. The van der Waals surface area contributed by atoms with Gasteiger partial charge in [-0.25, -0.2) is 15.4 Å². The first kappa shape index (κ1) is 20.0. The molecule has 1 aromatic rings. The molecule has 1 saturated heterocycles. The molecule has 2 aliphatic heterocycles. The number of nitrogens with zero attached hydrogens (tertiary/aromatic N) is 4. The van der Waals surface area contributed by atoms with Crippen molar-refractivity contribution in [3.63, 3.8) is 0 Å². The summed E-state index contributed by atoms with van der Waals surface area (Å²) in [7, 11) is 0. The van der Waals surface area contributed by atoms with Gasteiger partial charge < -0.3 is 37.1 Å². The highest BCUT2D eigenvalue weighted by atomic mass is 16.6. The Bertz CT molecular complexity index is 636. The average Bonchev–Trinajstić information content (AvgIpc) is 3.13. The SMILES string of the molecule is C[C@H]1O[C@@H](N2CN(NCCCC(N)CCN)c3c(N)ncnc32)C(O)C1O. The monoisotopic (exact) mass is 382 g/mol. The van der Waals surface area contributed by atoms with Crippen LogP contribution in [0.4, 0.5) is 17.3 Å². The first-order chi connectivity index (χ1) is 12.9. The summed E-state index contributed by atoms with van der Waals surface area (Å²) in [4.78, 5) is 10.1. The molecule has 1 fully saturated rings. The number of fused-ring (bicyclic) bond motifs is 1. The molecule has 0 radical (unpaired) electrons. The van der Waals surface area contributed by atoms with Crippen LogP contribution in [0.2, 0.25) is 0 Å². The van der Waals surface area contributed by atoms with Crippen molar-refractivity contribution in [2.75, 3.05) is 35.4 Å². The van der Waals surface area contributed by atoms with Crippen LogP contribution in [-0.4, -0.2) is 70.5 Å². The van der Waals surface area contributed by atoms with Gasteiger partial charge in [0.1, 0.15) is 30.9 Å². The van der Waals surface area contributed by atoms with E-state index in [0.717, 1.165) is 19.3 Å². The second-order valence-corrected chi connectivity index (χ2v) is 7.07. The molecule has 5 atom stereocenters. The summed E-state index contributed by atoms with van der Waals surface area (Å²) in [6, 6.07) is 0.0950. The molecule has 3 heterocycles. The van der Waals surface area contributed by atoms with Gasteiger partial charge in [0.15, 0.2) is 17.9 Å². The summed E-state index contributed by atoms with van der Waals surface area (Å²) >= 11 is 0. The Kier molecular flexibility index (Phi) is 6.29. The molecule has 9 N–H and O–H groups in total. The number of ether oxygens (including phenoxy) is 1. The van der Waals surface area contributed by atoms with E-state index in [9.17, 15) is 10.2 Å². The minimum atomic E-state index is -1.04. The molecule has 0 saturated carbocycles. The van der Waals surface area contributed by atoms with Gasteiger partial charge in [0.2, 0.25) is 0 Å². The Hall–Kier alpha value is -1.76. The lowest BCUT2D eigenvalue weighted by atomic mass is 10.1. The molecule has 0 amide bonds. The Morgan fingerprint density at radius 3 is 2.78 bits per heavy atom. The average molecular weight is 382 g/mol. The smallest absolute Gasteiger partial charge is 0.162 e. The molecular formula is C16H30N8O3. The fourth-order valence-corrected chi connectivity index (χ4v) is 3.49. The maximum Gasteiger partial charge on any atom is 0.162 e. The number of aliphatic hydroxyl groups is 2. The predicted molar refractivity (Wildman–Crippen MR) is 102 cm³/mol. The molecule has 27 heavy (non-hydrogen) atoms. The molecule has 11 nitrogen and oxygen atoms in total. The van der Waals surface area contributed by atoms with Crippen LogP contribution in [0.3, 0.4) is 0 Å². The van der Waals surface area contributed by atoms with Crippen LogP contribution in [0.5, 0.6) is 0 Å². The van der Waals surface area contributed by atoms with Gasteiger partial charge in [-0.15, -0.1) is 0 Å². The van der Waals surface area contributed by atoms with E-state index in [1.54, 1.807) is 11.8 Å². The molecule has 11 heteroatoms. The third kappa shape index (κ3) is 4.08. The third-order valence-corrected chi connectivity index (χ3v) is 5.04. The summed E-state index contributed by atoms with van der Waals surface area (Å²) in [6.07, 6.45) is 0.729. The van der Waals surface area contributed by atoms with Crippen molar-refractivity contribution in [1.82, 2.24) is 15.4 Å². The van der Waals surface area contributed by atoms with Crippen LogP contribution in [-0.2, 0) is 4.74 Å². The van der Waals surface area contributed by atoms with E-state index in [4.69, 9.17) is 21.9 Å². The first-order valence-corrected chi connectivity index (χ1v) is 9.29. The summed E-state index contributed by atoms with van der Waals surface area (Å²) in [6.45, 7) is 3.35. The highest BCUT2D eigenvalue weighted by molar-refractivity contribution is 5.81. The fourth-order valence-electron chi connectivity index (χ4n) is 3.49. The fraction of sp³-hybridized carbons (Fsp3) is 0.750. The van der Waals surface area contributed by atoms with Crippen molar-refractivity contribution < 1.29 is 14.9 Å². The molecule has 3 unspecified atom stereocenters. The Morgan fingerprint density at radius 2 is 2.11 bits per heavy atom. The van der Waals surface area contributed by atoms with E-state index in [-0.39, 0.29) is 6.04 Å². The number of hydrogen-bond donors (Lipinski definition) is 6. The van der Waals surface area contributed by atoms with Gasteiger partial charge in [-0.3, -0.25) is 5.01 Å². The zero-order valence-electron chi connectivity index (χ0n) is 15.5. The van der Waals surface area contributed by atoms with Crippen molar-refractivity contribution in [3.8, 4) is 0 Å². The lowest BCUT2D eigenvalue weighted by Gasteiger charge is -2.28. The molecule has 3 rings (SSSR count).